The zero-order valence-corrected chi connectivity index (χ0v) is 14.6. The molecule has 0 spiro atoms. The second kappa shape index (κ2) is 7.97. The molecule has 3 aromatic rings. The fourth-order valence-electron chi connectivity index (χ4n) is 2.53. The van der Waals surface area contributed by atoms with Crippen molar-refractivity contribution in [3.63, 3.8) is 0 Å². The standard InChI is InChI=1S/C19H13F3N4O3/c20-19(21,22)16-12-14(25-10-2-9-23-25)6-7-17(16)24-18(27)8-5-13-3-1-4-15(11-13)26(28)29/h1-12H,(H,24,27)/b8-5+. The number of nitro groups is 1. The van der Waals surface area contributed by atoms with Gasteiger partial charge in [0.05, 0.1) is 21.9 Å². The van der Waals surface area contributed by atoms with E-state index in [1.165, 1.54) is 53.5 Å². The Balaban J connectivity index is 1.82. The second-order valence-corrected chi connectivity index (χ2v) is 5.85. The number of benzene rings is 2. The second-order valence-electron chi connectivity index (χ2n) is 5.85. The smallest absolute Gasteiger partial charge is 0.322 e. The van der Waals surface area contributed by atoms with Gasteiger partial charge in [-0.3, -0.25) is 14.9 Å². The summed E-state index contributed by atoms with van der Waals surface area (Å²) in [4.78, 5) is 22.3. The highest BCUT2D eigenvalue weighted by Crippen LogP contribution is 2.36. The minimum atomic E-state index is -4.70. The predicted octanol–water partition coefficient (Wildman–Crippen LogP) is 4.45. The predicted molar refractivity (Wildman–Crippen MR) is 99.3 cm³/mol. The van der Waals surface area contributed by atoms with E-state index in [-0.39, 0.29) is 11.4 Å². The van der Waals surface area contributed by atoms with Crippen LogP contribution in [0.2, 0.25) is 0 Å². The van der Waals surface area contributed by atoms with E-state index in [1.807, 2.05) is 0 Å². The number of nitro benzene ring substituents is 1. The van der Waals surface area contributed by atoms with Crippen molar-refractivity contribution in [2.45, 2.75) is 6.18 Å². The summed E-state index contributed by atoms with van der Waals surface area (Å²) in [5, 5.41) is 16.8. The SMILES string of the molecule is O=C(/C=C/c1cccc([N+](=O)[O-])c1)Nc1ccc(-n2cccn2)cc1C(F)(F)F. The van der Waals surface area contributed by atoms with Crippen molar-refractivity contribution in [2.75, 3.05) is 5.32 Å². The van der Waals surface area contributed by atoms with Crippen molar-refractivity contribution in [1.29, 1.82) is 0 Å². The highest BCUT2D eigenvalue weighted by atomic mass is 19.4. The fraction of sp³-hybridized carbons (Fsp3) is 0.0526. The van der Waals surface area contributed by atoms with Gasteiger partial charge in [0.25, 0.3) is 5.69 Å². The molecule has 0 bridgehead atoms. The van der Waals surface area contributed by atoms with Crippen LogP contribution < -0.4 is 5.32 Å². The highest BCUT2D eigenvalue weighted by molar-refractivity contribution is 6.02. The molecule has 29 heavy (non-hydrogen) atoms. The number of carbonyl (C=O) groups excluding carboxylic acids is 1. The molecule has 0 radical (unpaired) electrons. The molecule has 2 aromatic carbocycles. The molecule has 148 valence electrons. The summed E-state index contributed by atoms with van der Waals surface area (Å²) >= 11 is 0. The number of anilines is 1. The zero-order chi connectivity index (χ0) is 21.0. The normalized spacial score (nSPS) is 11.6. The maximum Gasteiger partial charge on any atom is 0.418 e. The van der Waals surface area contributed by atoms with Crippen molar-refractivity contribution in [3.05, 3.63) is 88.2 Å². The molecular formula is C19H13F3N4O3. The van der Waals surface area contributed by atoms with Gasteiger partial charge in [0.1, 0.15) is 0 Å². The molecule has 0 aliphatic carbocycles. The number of hydrogen-bond acceptors (Lipinski definition) is 4. The minimum Gasteiger partial charge on any atom is -0.322 e. The molecule has 7 nitrogen and oxygen atoms in total. The third-order valence-electron chi connectivity index (χ3n) is 3.84. The Morgan fingerprint density at radius 2 is 1.97 bits per heavy atom. The molecule has 0 fully saturated rings. The lowest BCUT2D eigenvalue weighted by molar-refractivity contribution is -0.384. The molecule has 0 aliphatic heterocycles. The van der Waals surface area contributed by atoms with E-state index in [0.29, 0.717) is 5.56 Å². The van der Waals surface area contributed by atoms with Gasteiger partial charge in [-0.15, -0.1) is 0 Å². The number of aromatic nitrogens is 2. The van der Waals surface area contributed by atoms with Gasteiger partial charge in [-0.25, -0.2) is 4.68 Å². The molecule has 10 heteroatoms. The molecule has 1 N–H and O–H groups in total. The fourth-order valence-corrected chi connectivity index (χ4v) is 2.53. The Labute approximate surface area is 162 Å². The first-order chi connectivity index (χ1) is 13.7. The van der Waals surface area contributed by atoms with Crippen molar-refractivity contribution >= 4 is 23.4 Å². The van der Waals surface area contributed by atoms with Crippen LogP contribution in [0.25, 0.3) is 11.8 Å². The first-order valence-corrected chi connectivity index (χ1v) is 8.19. The van der Waals surface area contributed by atoms with E-state index in [4.69, 9.17) is 0 Å². The Morgan fingerprint density at radius 1 is 1.17 bits per heavy atom. The van der Waals surface area contributed by atoms with E-state index in [0.717, 1.165) is 18.2 Å². The van der Waals surface area contributed by atoms with Crippen LogP contribution in [-0.4, -0.2) is 20.6 Å². The number of rotatable bonds is 5. The van der Waals surface area contributed by atoms with Crippen molar-refractivity contribution < 1.29 is 22.9 Å². The molecule has 0 unspecified atom stereocenters. The molecular weight excluding hydrogens is 389 g/mol. The van der Waals surface area contributed by atoms with Gasteiger partial charge in [-0.05, 0) is 35.9 Å². The quantitative estimate of drug-likeness (QED) is 0.388. The molecule has 0 atom stereocenters. The number of amides is 1. The molecule has 0 aliphatic rings. The van der Waals surface area contributed by atoms with E-state index in [1.54, 1.807) is 6.07 Å². The Hall–Kier alpha value is -3.95. The molecule has 0 saturated heterocycles. The zero-order valence-electron chi connectivity index (χ0n) is 14.6. The first-order valence-electron chi connectivity index (χ1n) is 8.19. The van der Waals surface area contributed by atoms with Gasteiger partial charge in [-0.1, -0.05) is 12.1 Å². The minimum absolute atomic E-state index is 0.166. The van der Waals surface area contributed by atoms with Crippen LogP contribution in [0.3, 0.4) is 0 Å². The number of nitrogens with one attached hydrogen (secondary N) is 1. The van der Waals surface area contributed by atoms with Gasteiger partial charge < -0.3 is 5.32 Å². The number of hydrogen-bond donors (Lipinski definition) is 1. The number of carbonyl (C=O) groups is 1. The number of alkyl halides is 3. The van der Waals surface area contributed by atoms with E-state index in [2.05, 4.69) is 10.4 Å². The summed E-state index contributed by atoms with van der Waals surface area (Å²) in [5.41, 5.74) is -1.06. The summed E-state index contributed by atoms with van der Waals surface area (Å²) in [6, 6.07) is 10.5. The van der Waals surface area contributed by atoms with Crippen LogP contribution in [-0.2, 0) is 11.0 Å². The van der Waals surface area contributed by atoms with Gasteiger partial charge in [0.2, 0.25) is 5.91 Å². The number of nitrogens with zero attached hydrogens (tertiary/aromatic N) is 3. The first kappa shape index (κ1) is 19.8. The van der Waals surface area contributed by atoms with E-state index < -0.39 is 28.3 Å². The van der Waals surface area contributed by atoms with Gasteiger partial charge in [0.15, 0.2) is 0 Å². The third-order valence-corrected chi connectivity index (χ3v) is 3.84. The molecule has 1 aromatic heterocycles. The van der Waals surface area contributed by atoms with Gasteiger partial charge in [-0.2, -0.15) is 18.3 Å². The van der Waals surface area contributed by atoms with Crippen LogP contribution in [0.15, 0.2) is 67.0 Å². The van der Waals surface area contributed by atoms with Crippen molar-refractivity contribution in [1.82, 2.24) is 9.78 Å². The topological polar surface area (TPSA) is 90.1 Å². The van der Waals surface area contributed by atoms with Crippen LogP contribution in [0.5, 0.6) is 0 Å². The van der Waals surface area contributed by atoms with E-state index in [9.17, 15) is 28.1 Å². The van der Waals surface area contributed by atoms with Crippen molar-refractivity contribution in [3.8, 4) is 5.69 Å². The van der Waals surface area contributed by atoms with Crippen LogP contribution in [0.4, 0.5) is 24.5 Å². The molecule has 1 heterocycles. The Morgan fingerprint density at radius 3 is 2.62 bits per heavy atom. The summed E-state index contributed by atoms with van der Waals surface area (Å²) < 4.78 is 41.6. The van der Waals surface area contributed by atoms with Crippen LogP contribution in [0.1, 0.15) is 11.1 Å². The molecule has 1 amide bonds. The Bertz CT molecular complexity index is 1080. The summed E-state index contributed by atoms with van der Waals surface area (Å²) in [7, 11) is 0. The van der Waals surface area contributed by atoms with Gasteiger partial charge in [0, 0.05) is 30.6 Å². The third kappa shape index (κ3) is 4.86. The molecule has 3 rings (SSSR count). The van der Waals surface area contributed by atoms with E-state index >= 15 is 0 Å². The average Bonchev–Trinajstić information content (AvgIpc) is 3.21. The highest BCUT2D eigenvalue weighted by Gasteiger charge is 2.34. The maximum atomic E-state index is 13.4. The van der Waals surface area contributed by atoms with Crippen LogP contribution >= 0.6 is 0 Å². The average molecular weight is 402 g/mol. The lowest BCUT2D eigenvalue weighted by Gasteiger charge is -2.14. The summed E-state index contributed by atoms with van der Waals surface area (Å²) in [6.07, 6.45) is 0.501. The largest absolute Gasteiger partial charge is 0.418 e. The molecule has 0 saturated carbocycles. The maximum absolute atomic E-state index is 13.4. The Kier molecular flexibility index (Phi) is 5.44. The summed E-state index contributed by atoms with van der Waals surface area (Å²) in [6.45, 7) is 0. The summed E-state index contributed by atoms with van der Waals surface area (Å²) in [5.74, 6) is -0.811. The number of halogens is 3. The number of non-ortho nitro benzene ring substituents is 1. The lowest BCUT2D eigenvalue weighted by atomic mass is 10.1. The lowest BCUT2D eigenvalue weighted by Crippen LogP contribution is -2.15. The van der Waals surface area contributed by atoms with Crippen LogP contribution in [0, 0.1) is 10.1 Å². The van der Waals surface area contributed by atoms with Crippen molar-refractivity contribution in [2.24, 2.45) is 0 Å². The van der Waals surface area contributed by atoms with Gasteiger partial charge >= 0.3 is 6.18 Å². The monoisotopic (exact) mass is 402 g/mol.